The van der Waals surface area contributed by atoms with Gasteiger partial charge in [-0.2, -0.15) is 15.0 Å². The number of hydrogen-bond acceptors (Lipinski definition) is 7. The van der Waals surface area contributed by atoms with E-state index in [4.69, 9.17) is 17.3 Å². The van der Waals surface area contributed by atoms with Crippen molar-refractivity contribution in [1.29, 1.82) is 0 Å². The summed E-state index contributed by atoms with van der Waals surface area (Å²) >= 11 is 6.14. The predicted molar refractivity (Wildman–Crippen MR) is 110 cm³/mol. The Morgan fingerprint density at radius 2 is 1.76 bits per heavy atom. The maximum Gasteiger partial charge on any atom is 0.230 e. The highest BCUT2D eigenvalue weighted by molar-refractivity contribution is 6.31. The quantitative estimate of drug-likeness (QED) is 0.678. The van der Waals surface area contributed by atoms with Crippen LogP contribution in [0.5, 0.6) is 5.75 Å². The van der Waals surface area contributed by atoms with Gasteiger partial charge in [0.05, 0.1) is 5.56 Å². The number of phenolic OH excluding ortho intramolecular Hbond substituents is 1. The number of anilines is 2. The molecule has 7 nitrogen and oxygen atoms in total. The number of nitrogen functional groups attached to an aromatic ring is 1. The third kappa shape index (κ3) is 4.23. The van der Waals surface area contributed by atoms with Gasteiger partial charge in [-0.1, -0.05) is 29.8 Å². The van der Waals surface area contributed by atoms with E-state index in [1.807, 2.05) is 4.90 Å². The highest BCUT2D eigenvalue weighted by Gasteiger charge is 2.22. The van der Waals surface area contributed by atoms with Gasteiger partial charge >= 0.3 is 0 Å². The number of nitrogens with zero attached hydrogens (tertiary/aromatic N) is 5. The number of phenols is 1. The van der Waals surface area contributed by atoms with Crippen molar-refractivity contribution in [1.82, 2.24) is 19.9 Å². The summed E-state index contributed by atoms with van der Waals surface area (Å²) in [6.45, 7) is 3.14. The van der Waals surface area contributed by atoms with Gasteiger partial charge in [-0.15, -0.1) is 0 Å². The number of rotatable bonds is 4. The topological polar surface area (TPSA) is 91.4 Å². The number of aromatic nitrogens is 3. The molecule has 3 N–H and O–H groups in total. The molecule has 2 aromatic carbocycles. The molecule has 0 unspecified atom stereocenters. The monoisotopic (exact) mass is 414 g/mol. The van der Waals surface area contributed by atoms with E-state index in [1.165, 1.54) is 6.07 Å². The second-order valence-electron chi connectivity index (χ2n) is 6.80. The van der Waals surface area contributed by atoms with E-state index >= 15 is 0 Å². The number of benzene rings is 2. The lowest BCUT2D eigenvalue weighted by Gasteiger charge is -2.35. The summed E-state index contributed by atoms with van der Waals surface area (Å²) < 4.78 is 14.0. The molecule has 0 saturated carbocycles. The van der Waals surface area contributed by atoms with Crippen LogP contribution in [0.4, 0.5) is 16.3 Å². The third-order valence-corrected chi connectivity index (χ3v) is 5.24. The molecule has 0 bridgehead atoms. The molecule has 0 radical (unpaired) electrons. The summed E-state index contributed by atoms with van der Waals surface area (Å²) in [5, 5.41) is 10.5. The lowest BCUT2D eigenvalue weighted by molar-refractivity contribution is 0.245. The molecule has 3 aromatic rings. The molecule has 0 spiro atoms. The molecule has 2 heterocycles. The van der Waals surface area contributed by atoms with E-state index in [0.717, 1.165) is 0 Å². The maximum absolute atomic E-state index is 14.0. The minimum atomic E-state index is -0.294. The number of hydrogen-bond donors (Lipinski definition) is 2. The van der Waals surface area contributed by atoms with E-state index < -0.39 is 0 Å². The van der Waals surface area contributed by atoms with Crippen molar-refractivity contribution in [3.8, 4) is 17.1 Å². The van der Waals surface area contributed by atoms with Gasteiger partial charge in [0.25, 0.3) is 0 Å². The molecule has 1 aliphatic rings. The fourth-order valence-electron chi connectivity index (χ4n) is 3.32. The maximum atomic E-state index is 14.0. The zero-order valence-electron chi connectivity index (χ0n) is 15.6. The summed E-state index contributed by atoms with van der Waals surface area (Å²) in [7, 11) is 0. The molecule has 150 valence electrons. The minimum Gasteiger partial charge on any atom is -0.507 e. The summed E-state index contributed by atoms with van der Waals surface area (Å²) in [4.78, 5) is 17.0. The Kier molecular flexibility index (Phi) is 5.46. The fraction of sp³-hybridized carbons (Fsp3) is 0.250. The smallest absolute Gasteiger partial charge is 0.230 e. The molecule has 1 aliphatic heterocycles. The SMILES string of the molecule is Nc1nc(-c2ccccc2O)nc(N2CCN(Cc3c(F)cccc3Cl)CC2)n1. The van der Waals surface area contributed by atoms with Crippen LogP contribution >= 0.6 is 11.6 Å². The second kappa shape index (κ2) is 8.18. The molecule has 1 aromatic heterocycles. The lowest BCUT2D eigenvalue weighted by Crippen LogP contribution is -2.46. The normalized spacial score (nSPS) is 14.9. The Bertz CT molecular complexity index is 1010. The van der Waals surface area contributed by atoms with Crippen LogP contribution in [-0.2, 0) is 6.54 Å². The van der Waals surface area contributed by atoms with E-state index in [9.17, 15) is 9.50 Å². The van der Waals surface area contributed by atoms with Crippen LogP contribution in [0.25, 0.3) is 11.4 Å². The minimum absolute atomic E-state index is 0.0793. The Morgan fingerprint density at radius 1 is 1.00 bits per heavy atom. The van der Waals surface area contributed by atoms with Crippen LogP contribution < -0.4 is 10.6 Å². The third-order valence-electron chi connectivity index (χ3n) is 4.88. The molecule has 0 amide bonds. The zero-order valence-corrected chi connectivity index (χ0v) is 16.3. The predicted octanol–water partition coefficient (Wildman–Crippen LogP) is 2.94. The van der Waals surface area contributed by atoms with Gasteiger partial charge in [0.15, 0.2) is 5.82 Å². The van der Waals surface area contributed by atoms with Gasteiger partial charge < -0.3 is 15.7 Å². The van der Waals surface area contributed by atoms with Crippen LogP contribution in [-0.4, -0.2) is 51.1 Å². The number of nitrogens with two attached hydrogens (primary N) is 1. The largest absolute Gasteiger partial charge is 0.507 e. The first-order chi connectivity index (χ1) is 14.0. The van der Waals surface area contributed by atoms with Crippen molar-refractivity contribution in [3.63, 3.8) is 0 Å². The number of piperazine rings is 1. The van der Waals surface area contributed by atoms with Crippen molar-refractivity contribution in [2.24, 2.45) is 0 Å². The second-order valence-corrected chi connectivity index (χ2v) is 7.20. The highest BCUT2D eigenvalue weighted by Crippen LogP contribution is 2.27. The first-order valence-electron chi connectivity index (χ1n) is 9.21. The Hall–Kier alpha value is -2.97. The summed E-state index contributed by atoms with van der Waals surface area (Å²) in [6.07, 6.45) is 0. The van der Waals surface area contributed by atoms with E-state index in [1.54, 1.807) is 36.4 Å². The number of halogens is 2. The van der Waals surface area contributed by atoms with Crippen molar-refractivity contribution >= 4 is 23.5 Å². The van der Waals surface area contributed by atoms with Crippen LogP contribution in [0.3, 0.4) is 0 Å². The van der Waals surface area contributed by atoms with Gasteiger partial charge in [0, 0.05) is 43.3 Å². The Morgan fingerprint density at radius 3 is 2.48 bits per heavy atom. The van der Waals surface area contributed by atoms with Crippen molar-refractivity contribution < 1.29 is 9.50 Å². The van der Waals surface area contributed by atoms with E-state index in [-0.39, 0.29) is 17.5 Å². The lowest BCUT2D eigenvalue weighted by atomic mass is 10.2. The van der Waals surface area contributed by atoms with Crippen LogP contribution in [0.15, 0.2) is 42.5 Å². The molecule has 29 heavy (non-hydrogen) atoms. The average molecular weight is 415 g/mol. The molecule has 4 rings (SSSR count). The van der Waals surface area contributed by atoms with Gasteiger partial charge in [-0.05, 0) is 24.3 Å². The van der Waals surface area contributed by atoms with Gasteiger partial charge in [-0.3, -0.25) is 4.90 Å². The molecular weight excluding hydrogens is 395 g/mol. The summed E-state index contributed by atoms with van der Waals surface area (Å²) in [5.41, 5.74) is 6.88. The first-order valence-corrected chi connectivity index (χ1v) is 9.59. The average Bonchev–Trinajstić information content (AvgIpc) is 2.71. The van der Waals surface area contributed by atoms with Crippen molar-refractivity contribution in [2.45, 2.75) is 6.54 Å². The van der Waals surface area contributed by atoms with Crippen molar-refractivity contribution in [3.05, 3.63) is 58.9 Å². The summed E-state index contributed by atoms with van der Waals surface area (Å²) in [6, 6.07) is 11.5. The van der Waals surface area contributed by atoms with Crippen LogP contribution in [0.1, 0.15) is 5.56 Å². The zero-order chi connectivity index (χ0) is 20.4. The summed E-state index contributed by atoms with van der Waals surface area (Å²) in [5.74, 6) is 0.660. The first kappa shape index (κ1) is 19.4. The van der Waals surface area contributed by atoms with Gasteiger partial charge in [0.1, 0.15) is 11.6 Å². The molecular formula is C20H20ClFN6O. The van der Waals surface area contributed by atoms with Crippen molar-refractivity contribution in [2.75, 3.05) is 36.8 Å². The van der Waals surface area contributed by atoms with Gasteiger partial charge in [-0.25, -0.2) is 4.39 Å². The standard InChI is InChI=1S/C20H20ClFN6O/c21-15-5-3-6-16(22)14(15)12-27-8-10-28(11-9-27)20-25-18(24-19(23)26-20)13-4-1-2-7-17(13)29/h1-7,29H,8-12H2,(H2,23,24,25,26). The molecule has 0 aliphatic carbocycles. The Balaban J connectivity index is 1.48. The fourth-order valence-corrected chi connectivity index (χ4v) is 3.54. The number of para-hydroxylation sites is 1. The Labute approximate surface area is 172 Å². The van der Waals surface area contributed by atoms with Crippen LogP contribution in [0.2, 0.25) is 5.02 Å². The molecule has 1 fully saturated rings. The van der Waals surface area contributed by atoms with Crippen LogP contribution in [0, 0.1) is 5.82 Å². The van der Waals surface area contributed by atoms with E-state index in [0.29, 0.717) is 60.6 Å². The molecule has 0 atom stereocenters. The van der Waals surface area contributed by atoms with Gasteiger partial charge in [0.2, 0.25) is 11.9 Å². The molecule has 1 saturated heterocycles. The number of aromatic hydroxyl groups is 1. The highest BCUT2D eigenvalue weighted by atomic mass is 35.5. The van der Waals surface area contributed by atoms with E-state index in [2.05, 4.69) is 19.9 Å². The molecule has 9 heteroatoms.